The van der Waals surface area contributed by atoms with E-state index in [0.717, 1.165) is 13.1 Å². The van der Waals surface area contributed by atoms with Crippen LogP contribution in [0.3, 0.4) is 0 Å². The molecule has 1 atom stereocenters. The number of Topliss-reactive ketones (excluding diaryl/α,β-unsaturated/α-hetero) is 1. The molecular weight excluding hydrogens is 170 g/mol. The maximum atomic E-state index is 11.5. The zero-order valence-electron chi connectivity index (χ0n) is 6.75. The van der Waals surface area contributed by atoms with Gasteiger partial charge in [-0.15, -0.1) is 11.3 Å². The fourth-order valence-electron chi connectivity index (χ4n) is 1.49. The summed E-state index contributed by atoms with van der Waals surface area (Å²) in [6.45, 7) is 1.67. The summed E-state index contributed by atoms with van der Waals surface area (Å²) in [7, 11) is 0. The Hall–Kier alpha value is -0.670. The van der Waals surface area contributed by atoms with Crippen LogP contribution in [0, 0.1) is 0 Å². The highest BCUT2D eigenvalue weighted by Crippen LogP contribution is 2.24. The van der Waals surface area contributed by atoms with Crippen molar-refractivity contribution in [1.29, 1.82) is 0 Å². The van der Waals surface area contributed by atoms with E-state index in [1.807, 2.05) is 17.5 Å². The fourth-order valence-corrected chi connectivity index (χ4v) is 2.35. The minimum Gasteiger partial charge on any atom is -0.315 e. The van der Waals surface area contributed by atoms with Gasteiger partial charge in [0, 0.05) is 24.4 Å². The SMILES string of the molecule is O=C1CCNCC1c1cccs1. The summed E-state index contributed by atoms with van der Waals surface area (Å²) in [5.41, 5.74) is 0. The number of hydrogen-bond acceptors (Lipinski definition) is 3. The molecule has 0 bridgehead atoms. The van der Waals surface area contributed by atoms with Gasteiger partial charge in [0.2, 0.25) is 0 Å². The monoisotopic (exact) mass is 181 g/mol. The number of hydrogen-bond donors (Lipinski definition) is 1. The van der Waals surface area contributed by atoms with Crippen LogP contribution in [0.4, 0.5) is 0 Å². The maximum Gasteiger partial charge on any atom is 0.143 e. The van der Waals surface area contributed by atoms with Crippen LogP contribution in [-0.2, 0) is 4.79 Å². The number of ketones is 1. The first-order chi connectivity index (χ1) is 5.88. The minimum atomic E-state index is 0.124. The summed E-state index contributed by atoms with van der Waals surface area (Å²) in [5, 5.41) is 5.26. The van der Waals surface area contributed by atoms with Crippen LogP contribution in [-0.4, -0.2) is 18.9 Å². The topological polar surface area (TPSA) is 29.1 Å². The molecule has 1 saturated heterocycles. The molecule has 0 saturated carbocycles. The Morgan fingerprint density at radius 3 is 3.17 bits per heavy atom. The highest BCUT2D eigenvalue weighted by Gasteiger charge is 2.23. The van der Waals surface area contributed by atoms with E-state index in [-0.39, 0.29) is 5.92 Å². The number of carbonyl (C=O) groups is 1. The third-order valence-corrected chi connectivity index (χ3v) is 3.16. The Balaban J connectivity index is 2.17. The first kappa shape index (κ1) is 7.95. The van der Waals surface area contributed by atoms with E-state index in [0.29, 0.717) is 12.2 Å². The lowest BCUT2D eigenvalue weighted by molar-refractivity contribution is -0.121. The summed E-state index contributed by atoms with van der Waals surface area (Å²) < 4.78 is 0. The Bertz CT molecular complexity index is 268. The molecule has 1 aliphatic heterocycles. The second-order valence-electron chi connectivity index (χ2n) is 2.99. The summed E-state index contributed by atoms with van der Waals surface area (Å²) in [6, 6.07) is 4.04. The van der Waals surface area contributed by atoms with Crippen molar-refractivity contribution in [3.8, 4) is 0 Å². The molecule has 0 amide bonds. The molecule has 1 aliphatic rings. The van der Waals surface area contributed by atoms with Crippen molar-refractivity contribution in [2.24, 2.45) is 0 Å². The molecule has 0 aromatic carbocycles. The van der Waals surface area contributed by atoms with Crippen LogP contribution in [0.2, 0.25) is 0 Å². The molecule has 12 heavy (non-hydrogen) atoms. The van der Waals surface area contributed by atoms with Crippen molar-refractivity contribution in [2.45, 2.75) is 12.3 Å². The molecule has 2 nitrogen and oxygen atoms in total. The Morgan fingerprint density at radius 1 is 1.58 bits per heavy atom. The van der Waals surface area contributed by atoms with Gasteiger partial charge in [0.05, 0.1) is 5.92 Å². The van der Waals surface area contributed by atoms with Crippen LogP contribution >= 0.6 is 11.3 Å². The molecule has 0 radical (unpaired) electrons. The van der Waals surface area contributed by atoms with Crippen LogP contribution in [0.25, 0.3) is 0 Å². The van der Waals surface area contributed by atoms with Crippen LogP contribution in [0.1, 0.15) is 17.2 Å². The Morgan fingerprint density at radius 2 is 2.50 bits per heavy atom. The minimum absolute atomic E-state index is 0.124. The first-order valence-corrected chi connectivity index (χ1v) is 5.03. The molecule has 2 heterocycles. The molecule has 1 N–H and O–H groups in total. The molecule has 0 spiro atoms. The molecule has 3 heteroatoms. The number of rotatable bonds is 1. The van der Waals surface area contributed by atoms with Gasteiger partial charge in [0.25, 0.3) is 0 Å². The van der Waals surface area contributed by atoms with E-state index in [9.17, 15) is 4.79 Å². The normalized spacial score (nSPS) is 24.3. The average Bonchev–Trinajstić information content (AvgIpc) is 2.57. The molecular formula is C9H11NOS. The van der Waals surface area contributed by atoms with E-state index in [1.54, 1.807) is 11.3 Å². The van der Waals surface area contributed by atoms with Crippen molar-refractivity contribution < 1.29 is 4.79 Å². The molecule has 2 rings (SSSR count). The van der Waals surface area contributed by atoms with Gasteiger partial charge >= 0.3 is 0 Å². The van der Waals surface area contributed by atoms with Crippen LogP contribution in [0.5, 0.6) is 0 Å². The van der Waals surface area contributed by atoms with Gasteiger partial charge in [0.15, 0.2) is 0 Å². The lowest BCUT2D eigenvalue weighted by atomic mass is 9.97. The number of thiophene rings is 1. The molecule has 0 aliphatic carbocycles. The highest BCUT2D eigenvalue weighted by atomic mass is 32.1. The summed E-state index contributed by atoms with van der Waals surface area (Å²) in [6.07, 6.45) is 0.683. The number of carbonyl (C=O) groups excluding carboxylic acids is 1. The third-order valence-electron chi connectivity index (χ3n) is 2.17. The lowest BCUT2D eigenvalue weighted by Crippen LogP contribution is -2.34. The van der Waals surface area contributed by atoms with Gasteiger partial charge in [-0.25, -0.2) is 0 Å². The number of nitrogens with one attached hydrogen (secondary N) is 1. The van der Waals surface area contributed by atoms with E-state index in [2.05, 4.69) is 5.32 Å². The van der Waals surface area contributed by atoms with Gasteiger partial charge in [0.1, 0.15) is 5.78 Å². The van der Waals surface area contributed by atoms with Crippen molar-refractivity contribution in [3.05, 3.63) is 22.4 Å². The Labute approximate surface area is 75.6 Å². The predicted octanol–water partition coefficient (Wildman–Crippen LogP) is 1.39. The van der Waals surface area contributed by atoms with Gasteiger partial charge in [-0.3, -0.25) is 4.79 Å². The maximum absolute atomic E-state index is 11.5. The van der Waals surface area contributed by atoms with Gasteiger partial charge < -0.3 is 5.32 Å². The molecule has 1 fully saturated rings. The zero-order valence-corrected chi connectivity index (χ0v) is 7.56. The molecule has 64 valence electrons. The van der Waals surface area contributed by atoms with Crippen molar-refractivity contribution in [2.75, 3.05) is 13.1 Å². The van der Waals surface area contributed by atoms with Gasteiger partial charge in [-0.1, -0.05) is 6.07 Å². The molecule has 1 aromatic rings. The Kier molecular flexibility index (Phi) is 2.23. The zero-order chi connectivity index (χ0) is 8.39. The molecule has 1 unspecified atom stereocenters. The third kappa shape index (κ3) is 1.42. The lowest BCUT2D eigenvalue weighted by Gasteiger charge is -2.20. The van der Waals surface area contributed by atoms with E-state index in [4.69, 9.17) is 0 Å². The van der Waals surface area contributed by atoms with Crippen LogP contribution < -0.4 is 5.32 Å². The second kappa shape index (κ2) is 3.37. The van der Waals surface area contributed by atoms with E-state index >= 15 is 0 Å². The van der Waals surface area contributed by atoms with Crippen LogP contribution in [0.15, 0.2) is 17.5 Å². The predicted molar refractivity (Wildman–Crippen MR) is 49.6 cm³/mol. The largest absolute Gasteiger partial charge is 0.315 e. The van der Waals surface area contributed by atoms with Crippen molar-refractivity contribution in [3.63, 3.8) is 0 Å². The quantitative estimate of drug-likeness (QED) is 0.709. The second-order valence-corrected chi connectivity index (χ2v) is 3.97. The van der Waals surface area contributed by atoms with Crippen molar-refractivity contribution in [1.82, 2.24) is 5.32 Å². The highest BCUT2D eigenvalue weighted by molar-refractivity contribution is 7.10. The summed E-state index contributed by atoms with van der Waals surface area (Å²) in [4.78, 5) is 12.7. The van der Waals surface area contributed by atoms with Crippen molar-refractivity contribution >= 4 is 17.1 Å². The average molecular weight is 181 g/mol. The number of piperidine rings is 1. The smallest absolute Gasteiger partial charge is 0.143 e. The van der Waals surface area contributed by atoms with E-state index in [1.165, 1.54) is 4.88 Å². The fraction of sp³-hybridized carbons (Fsp3) is 0.444. The standard InChI is InChI=1S/C9H11NOS/c11-8-3-4-10-6-7(8)9-2-1-5-12-9/h1-2,5,7,10H,3-4,6H2. The summed E-state index contributed by atoms with van der Waals surface area (Å²) >= 11 is 1.67. The first-order valence-electron chi connectivity index (χ1n) is 4.15. The molecule has 1 aromatic heterocycles. The van der Waals surface area contributed by atoms with Gasteiger partial charge in [-0.05, 0) is 11.4 Å². The van der Waals surface area contributed by atoms with Gasteiger partial charge in [-0.2, -0.15) is 0 Å². The summed E-state index contributed by atoms with van der Waals surface area (Å²) in [5.74, 6) is 0.509. The van der Waals surface area contributed by atoms with E-state index < -0.39 is 0 Å².